The molecule has 3 heterocycles. The predicted octanol–water partition coefficient (Wildman–Crippen LogP) is 3.17. The molecule has 1 aromatic carbocycles. The minimum absolute atomic E-state index is 0.0419. The van der Waals surface area contributed by atoms with Gasteiger partial charge in [0.1, 0.15) is 29.4 Å². The number of nitrogens with one attached hydrogen (secondary N) is 3. The minimum Gasteiger partial charge on any atom is -0.356 e. The number of piperidine rings is 1. The van der Waals surface area contributed by atoms with Crippen molar-refractivity contribution in [2.75, 3.05) is 13.1 Å². The van der Waals surface area contributed by atoms with Gasteiger partial charge in [-0.05, 0) is 55.7 Å². The first-order valence-electron chi connectivity index (χ1n) is 12.6. The number of carbonyl (C=O) groups excluding carboxylic acids is 3. The van der Waals surface area contributed by atoms with Crippen LogP contribution in [0.2, 0.25) is 0 Å². The van der Waals surface area contributed by atoms with Crippen LogP contribution in [0.3, 0.4) is 0 Å². The number of likely N-dealkylation sites (tertiary alicyclic amines) is 1. The van der Waals surface area contributed by atoms with Gasteiger partial charge in [0.05, 0.1) is 11.6 Å². The molecule has 3 aliphatic rings. The summed E-state index contributed by atoms with van der Waals surface area (Å²) in [7, 11) is 0. The third-order valence-corrected chi connectivity index (χ3v) is 8.01. The normalized spacial score (nSPS) is 27.1. The third kappa shape index (κ3) is 4.59. The number of aromatic nitrogens is 1. The van der Waals surface area contributed by atoms with Crippen molar-refractivity contribution < 1.29 is 31.9 Å². The Morgan fingerprint density at radius 1 is 1.29 bits per heavy atom. The molecule has 5 rings (SSSR count). The number of aryl methyl sites for hydroxylation is 1. The molecule has 3 N–H and O–H groups in total. The van der Waals surface area contributed by atoms with Gasteiger partial charge in [0.15, 0.2) is 0 Å². The SMILES string of the molecule is Cc1cc(F)c2cc(C(=O)N3C[C@@H]4CC(F)(F)C[C@@H]4[C@@H]3C(=O)N[C@H](C#N)C[C@H]3CCCNC3=O)[nH]c2c1F. The molecule has 0 spiro atoms. The number of carbonyl (C=O) groups is 3. The van der Waals surface area contributed by atoms with Gasteiger partial charge >= 0.3 is 0 Å². The van der Waals surface area contributed by atoms with Crippen LogP contribution in [0.15, 0.2) is 12.1 Å². The maximum atomic E-state index is 14.6. The molecule has 2 aromatic rings. The van der Waals surface area contributed by atoms with Crippen molar-refractivity contribution in [3.05, 3.63) is 35.0 Å². The molecule has 1 aliphatic carbocycles. The molecular formula is C26H27F4N5O3. The average molecular weight is 534 g/mol. The van der Waals surface area contributed by atoms with Gasteiger partial charge in [-0.15, -0.1) is 0 Å². The van der Waals surface area contributed by atoms with Crippen LogP contribution in [0, 0.1) is 47.6 Å². The van der Waals surface area contributed by atoms with Crippen LogP contribution in [0.1, 0.15) is 48.2 Å². The van der Waals surface area contributed by atoms with Gasteiger partial charge in [-0.2, -0.15) is 5.26 Å². The first-order valence-corrected chi connectivity index (χ1v) is 12.6. The van der Waals surface area contributed by atoms with Crippen molar-refractivity contribution in [2.45, 2.75) is 57.0 Å². The van der Waals surface area contributed by atoms with Crippen molar-refractivity contribution >= 4 is 28.6 Å². The first-order chi connectivity index (χ1) is 18.0. The summed E-state index contributed by atoms with van der Waals surface area (Å²) in [5.41, 5.74) is -0.336. The molecule has 202 valence electrons. The predicted molar refractivity (Wildman–Crippen MR) is 127 cm³/mol. The fraction of sp³-hybridized carbons (Fsp3) is 0.538. The lowest BCUT2D eigenvalue weighted by atomic mass is 9.90. The van der Waals surface area contributed by atoms with Crippen molar-refractivity contribution in [1.29, 1.82) is 5.26 Å². The number of H-pyrrole nitrogens is 1. The summed E-state index contributed by atoms with van der Waals surface area (Å²) in [5.74, 6) is -8.18. The number of hydrogen-bond donors (Lipinski definition) is 3. The number of fused-ring (bicyclic) bond motifs is 2. The summed E-state index contributed by atoms with van der Waals surface area (Å²) >= 11 is 0. The van der Waals surface area contributed by atoms with E-state index < -0.39 is 72.1 Å². The highest BCUT2D eigenvalue weighted by Gasteiger charge is 2.58. The van der Waals surface area contributed by atoms with Gasteiger partial charge < -0.3 is 20.5 Å². The van der Waals surface area contributed by atoms with E-state index in [0.717, 1.165) is 23.5 Å². The van der Waals surface area contributed by atoms with Crippen LogP contribution in [0.25, 0.3) is 10.9 Å². The number of alkyl halides is 2. The molecule has 38 heavy (non-hydrogen) atoms. The van der Waals surface area contributed by atoms with Gasteiger partial charge in [-0.3, -0.25) is 14.4 Å². The number of benzene rings is 1. The molecule has 1 aromatic heterocycles. The zero-order valence-electron chi connectivity index (χ0n) is 20.6. The molecule has 3 fully saturated rings. The molecule has 1 saturated carbocycles. The van der Waals surface area contributed by atoms with Crippen molar-refractivity contribution in [1.82, 2.24) is 20.5 Å². The van der Waals surface area contributed by atoms with Gasteiger partial charge in [0, 0.05) is 37.2 Å². The van der Waals surface area contributed by atoms with Gasteiger partial charge in [-0.25, -0.2) is 17.6 Å². The van der Waals surface area contributed by atoms with Crippen LogP contribution in [0.5, 0.6) is 0 Å². The molecule has 0 radical (unpaired) electrons. The number of nitriles is 1. The Morgan fingerprint density at radius 3 is 2.76 bits per heavy atom. The maximum Gasteiger partial charge on any atom is 0.271 e. The lowest BCUT2D eigenvalue weighted by Crippen LogP contribution is -2.52. The summed E-state index contributed by atoms with van der Waals surface area (Å²) < 4.78 is 57.6. The van der Waals surface area contributed by atoms with E-state index in [1.807, 2.05) is 6.07 Å². The number of aromatic amines is 1. The zero-order valence-corrected chi connectivity index (χ0v) is 20.6. The Morgan fingerprint density at radius 2 is 2.05 bits per heavy atom. The standard InChI is InChI=1S/C26H27F4N5O3/c1-12-5-18(27)16-7-19(34-21(16)20(12)28)25(38)35-11-14-8-26(29,30)9-17(14)22(35)24(37)33-15(10-31)6-13-3-2-4-32-23(13)36/h5,7,13-15,17,22,34H,2-4,6,8-9,11H2,1H3,(H,32,36)(H,33,37)/t13-,14+,15+,17+,22-/m1/s1. The second-order valence-corrected chi connectivity index (χ2v) is 10.6. The fourth-order valence-electron chi connectivity index (χ4n) is 6.20. The van der Waals surface area contributed by atoms with E-state index in [4.69, 9.17) is 0 Å². The minimum atomic E-state index is -3.00. The monoisotopic (exact) mass is 533 g/mol. The molecule has 5 atom stereocenters. The average Bonchev–Trinajstić information content (AvgIpc) is 3.53. The van der Waals surface area contributed by atoms with Crippen LogP contribution in [-0.4, -0.2) is 58.7 Å². The van der Waals surface area contributed by atoms with E-state index in [1.54, 1.807) is 0 Å². The van der Waals surface area contributed by atoms with Gasteiger partial charge in [0.2, 0.25) is 17.7 Å². The topological polar surface area (TPSA) is 118 Å². The molecule has 2 aliphatic heterocycles. The van der Waals surface area contributed by atoms with Crippen LogP contribution in [-0.2, 0) is 9.59 Å². The molecule has 0 unspecified atom stereocenters. The Bertz CT molecular complexity index is 1350. The number of hydrogen-bond acceptors (Lipinski definition) is 4. The second kappa shape index (κ2) is 9.60. The highest BCUT2D eigenvalue weighted by Crippen LogP contribution is 2.50. The second-order valence-electron chi connectivity index (χ2n) is 10.6. The summed E-state index contributed by atoms with van der Waals surface area (Å²) in [6.45, 7) is 1.78. The number of amides is 3. The first kappa shape index (κ1) is 26.0. The fourth-order valence-corrected chi connectivity index (χ4v) is 6.20. The number of halogens is 4. The third-order valence-electron chi connectivity index (χ3n) is 8.01. The van der Waals surface area contributed by atoms with Crippen LogP contribution in [0.4, 0.5) is 17.6 Å². The highest BCUT2D eigenvalue weighted by atomic mass is 19.3. The molecular weight excluding hydrogens is 506 g/mol. The smallest absolute Gasteiger partial charge is 0.271 e. The lowest BCUT2D eigenvalue weighted by molar-refractivity contribution is -0.129. The summed E-state index contributed by atoms with van der Waals surface area (Å²) in [4.78, 5) is 42.8. The quantitative estimate of drug-likeness (QED) is 0.512. The highest BCUT2D eigenvalue weighted by molar-refractivity contribution is 6.01. The van der Waals surface area contributed by atoms with E-state index in [2.05, 4.69) is 15.6 Å². The summed E-state index contributed by atoms with van der Waals surface area (Å²) in [6, 6.07) is 1.74. The van der Waals surface area contributed by atoms with Crippen LogP contribution >= 0.6 is 0 Å². The Hall–Kier alpha value is -3.62. The van der Waals surface area contributed by atoms with Crippen LogP contribution < -0.4 is 10.6 Å². The molecule has 2 saturated heterocycles. The Kier molecular flexibility index (Phi) is 6.57. The molecule has 3 amide bonds. The molecule has 0 bridgehead atoms. The summed E-state index contributed by atoms with van der Waals surface area (Å²) in [6.07, 6.45) is 0.245. The lowest BCUT2D eigenvalue weighted by Gasteiger charge is -2.29. The Balaban J connectivity index is 1.41. The zero-order chi connectivity index (χ0) is 27.4. The molecule has 12 heteroatoms. The van der Waals surface area contributed by atoms with Crippen molar-refractivity contribution in [2.24, 2.45) is 17.8 Å². The van der Waals surface area contributed by atoms with E-state index >= 15 is 0 Å². The van der Waals surface area contributed by atoms with Crippen molar-refractivity contribution in [3.8, 4) is 6.07 Å². The van der Waals surface area contributed by atoms with E-state index in [9.17, 15) is 37.2 Å². The number of nitrogens with zero attached hydrogens (tertiary/aromatic N) is 2. The van der Waals surface area contributed by atoms with Gasteiger partial charge in [-0.1, -0.05) is 0 Å². The van der Waals surface area contributed by atoms with E-state index in [1.165, 1.54) is 6.92 Å². The van der Waals surface area contributed by atoms with E-state index in [-0.39, 0.29) is 41.0 Å². The largest absolute Gasteiger partial charge is 0.356 e. The van der Waals surface area contributed by atoms with Gasteiger partial charge in [0.25, 0.3) is 5.91 Å². The molecule has 8 nitrogen and oxygen atoms in total. The Labute approximate surface area is 215 Å². The van der Waals surface area contributed by atoms with E-state index in [0.29, 0.717) is 13.0 Å². The van der Waals surface area contributed by atoms with Crippen molar-refractivity contribution in [3.63, 3.8) is 0 Å². The summed E-state index contributed by atoms with van der Waals surface area (Å²) in [5, 5.41) is 14.8. The maximum absolute atomic E-state index is 14.6. The number of rotatable bonds is 5.